The Morgan fingerprint density at radius 3 is 3.00 bits per heavy atom. The maximum Gasteiger partial charge on any atom is 0.146 e. The van der Waals surface area contributed by atoms with Crippen molar-refractivity contribution in [2.75, 3.05) is 11.9 Å². The fraction of sp³-hybridized carbons (Fsp3) is 0.429. The Balaban J connectivity index is 2.92. The number of rotatable bonds is 3. The summed E-state index contributed by atoms with van der Waals surface area (Å²) in [7, 11) is 0. The number of anilines is 1. The van der Waals surface area contributed by atoms with Crippen LogP contribution in [-0.4, -0.2) is 17.7 Å². The van der Waals surface area contributed by atoms with Gasteiger partial charge in [0.25, 0.3) is 0 Å². The minimum Gasteiger partial charge on any atom is -0.369 e. The molecule has 0 aromatic carbocycles. The molecule has 4 heteroatoms. The van der Waals surface area contributed by atoms with E-state index in [2.05, 4.69) is 10.3 Å². The van der Waals surface area contributed by atoms with Gasteiger partial charge in [0, 0.05) is 12.8 Å². The van der Waals surface area contributed by atoms with Crippen LogP contribution < -0.4 is 5.32 Å². The summed E-state index contributed by atoms with van der Waals surface area (Å²) in [6, 6.07) is 0. The van der Waals surface area contributed by atoms with Gasteiger partial charge >= 0.3 is 0 Å². The first-order valence-corrected chi connectivity index (χ1v) is 4.31. The molecule has 0 radical (unpaired) electrons. The molecule has 0 spiro atoms. The van der Waals surface area contributed by atoms with Gasteiger partial charge in [0.1, 0.15) is 5.82 Å². The minimum atomic E-state index is 0.838. The summed E-state index contributed by atoms with van der Waals surface area (Å²) in [6.45, 7) is 4.81. The van der Waals surface area contributed by atoms with E-state index < -0.39 is 0 Å². The highest BCUT2D eigenvalue weighted by Crippen LogP contribution is 2.19. The molecule has 1 aromatic rings. The largest absolute Gasteiger partial charge is 0.369 e. The summed E-state index contributed by atoms with van der Waals surface area (Å²) in [5.74, 6) is 0.838. The molecule has 1 heterocycles. The number of nitrogens with one attached hydrogen (secondary N) is 2. The molecule has 0 unspecified atom stereocenters. The maximum absolute atomic E-state index is 7.08. The van der Waals surface area contributed by atoms with Gasteiger partial charge in [0.05, 0.1) is 9.88 Å². The van der Waals surface area contributed by atoms with E-state index in [0.29, 0.717) is 0 Å². The van der Waals surface area contributed by atoms with Crippen molar-refractivity contribution < 1.29 is 0 Å². The predicted molar refractivity (Wildman–Crippen MR) is 48.9 cm³/mol. The third-order valence-electron chi connectivity index (χ3n) is 1.24. The second-order valence-electron chi connectivity index (χ2n) is 2.12. The zero-order valence-electron chi connectivity index (χ0n) is 6.64. The molecule has 1 rings (SSSR count). The Hall–Kier alpha value is -0.900. The summed E-state index contributed by atoms with van der Waals surface area (Å²) in [6.07, 6.45) is 1.34. The van der Waals surface area contributed by atoms with Crippen molar-refractivity contribution in [3.8, 4) is 0 Å². The van der Waals surface area contributed by atoms with Gasteiger partial charge in [-0.1, -0.05) is 0 Å². The Morgan fingerprint density at radius 1 is 1.73 bits per heavy atom. The van der Waals surface area contributed by atoms with E-state index in [1.54, 1.807) is 0 Å². The maximum atomic E-state index is 7.08. The van der Waals surface area contributed by atoms with Crippen molar-refractivity contribution in [2.45, 2.75) is 13.8 Å². The highest BCUT2D eigenvalue weighted by atomic mass is 32.1. The summed E-state index contributed by atoms with van der Waals surface area (Å²) in [5, 5.41) is 11.2. The molecule has 0 amide bonds. The van der Waals surface area contributed by atoms with Crippen LogP contribution in [0.3, 0.4) is 0 Å². The number of nitrogens with zero attached hydrogens (tertiary/aromatic N) is 1. The van der Waals surface area contributed by atoms with Crippen LogP contribution in [-0.2, 0) is 0 Å². The smallest absolute Gasteiger partial charge is 0.146 e. The summed E-state index contributed by atoms with van der Waals surface area (Å²) in [4.78, 5) is 5.13. The standard InChI is InChI=1S/C7H11N3S/c1-3-9-7-6(4-8)11-5(2)10-7/h4,8-9H,3H2,1-2H3. The Bertz CT molecular complexity index is 254. The Labute approximate surface area is 70.0 Å². The summed E-state index contributed by atoms with van der Waals surface area (Å²) >= 11 is 1.54. The molecule has 0 aliphatic heterocycles. The van der Waals surface area contributed by atoms with Crippen molar-refractivity contribution in [1.29, 1.82) is 5.41 Å². The molecule has 0 aliphatic rings. The average Bonchev–Trinajstić information content (AvgIpc) is 2.32. The SMILES string of the molecule is CCNc1nc(C)sc1C=N. The van der Waals surface area contributed by atoms with Crippen LogP contribution in [0.5, 0.6) is 0 Å². The first-order valence-electron chi connectivity index (χ1n) is 3.49. The van der Waals surface area contributed by atoms with E-state index in [-0.39, 0.29) is 0 Å². The first kappa shape index (κ1) is 8.20. The van der Waals surface area contributed by atoms with Crippen molar-refractivity contribution in [3.63, 3.8) is 0 Å². The molecular formula is C7H11N3S. The third-order valence-corrected chi connectivity index (χ3v) is 2.15. The van der Waals surface area contributed by atoms with E-state index in [4.69, 9.17) is 5.41 Å². The summed E-state index contributed by atoms with van der Waals surface area (Å²) in [5.41, 5.74) is 0. The quantitative estimate of drug-likeness (QED) is 0.679. The van der Waals surface area contributed by atoms with Gasteiger partial charge < -0.3 is 10.7 Å². The van der Waals surface area contributed by atoms with Crippen LogP contribution in [0.1, 0.15) is 16.8 Å². The van der Waals surface area contributed by atoms with Crippen molar-refractivity contribution in [3.05, 3.63) is 9.88 Å². The molecule has 0 fully saturated rings. The first-order chi connectivity index (χ1) is 5.27. The molecule has 0 aliphatic carbocycles. The van der Waals surface area contributed by atoms with Gasteiger partial charge in [-0.15, -0.1) is 11.3 Å². The lowest BCUT2D eigenvalue weighted by Gasteiger charge is -1.96. The fourth-order valence-corrected chi connectivity index (χ4v) is 1.56. The molecule has 60 valence electrons. The summed E-state index contributed by atoms with van der Waals surface area (Å²) < 4.78 is 0. The van der Waals surface area contributed by atoms with Crippen LogP contribution in [0.4, 0.5) is 5.82 Å². The lowest BCUT2D eigenvalue weighted by atomic mass is 10.5. The molecule has 1 aromatic heterocycles. The van der Waals surface area contributed by atoms with Crippen LogP contribution in [0.25, 0.3) is 0 Å². The van der Waals surface area contributed by atoms with Gasteiger partial charge in [-0.25, -0.2) is 4.98 Å². The van der Waals surface area contributed by atoms with Crippen LogP contribution in [0.2, 0.25) is 0 Å². The lowest BCUT2D eigenvalue weighted by Crippen LogP contribution is -1.98. The van der Waals surface area contributed by atoms with E-state index >= 15 is 0 Å². The highest BCUT2D eigenvalue weighted by molar-refractivity contribution is 7.13. The van der Waals surface area contributed by atoms with Crippen LogP contribution in [0, 0.1) is 12.3 Å². The number of hydrogen-bond donors (Lipinski definition) is 2. The number of hydrogen-bond acceptors (Lipinski definition) is 4. The topological polar surface area (TPSA) is 48.8 Å². The molecule has 0 saturated heterocycles. The molecular weight excluding hydrogens is 158 g/mol. The zero-order chi connectivity index (χ0) is 8.27. The van der Waals surface area contributed by atoms with E-state index in [9.17, 15) is 0 Å². The van der Waals surface area contributed by atoms with Gasteiger partial charge in [-0.05, 0) is 13.8 Å². The average molecular weight is 169 g/mol. The van der Waals surface area contributed by atoms with Crippen molar-refractivity contribution in [2.24, 2.45) is 0 Å². The van der Waals surface area contributed by atoms with Crippen LogP contribution >= 0.6 is 11.3 Å². The highest BCUT2D eigenvalue weighted by Gasteiger charge is 2.03. The number of thiazole rings is 1. The number of aryl methyl sites for hydroxylation is 1. The predicted octanol–water partition coefficient (Wildman–Crippen LogP) is 1.88. The van der Waals surface area contributed by atoms with Crippen LogP contribution in [0.15, 0.2) is 0 Å². The third kappa shape index (κ3) is 1.77. The zero-order valence-corrected chi connectivity index (χ0v) is 7.46. The van der Waals surface area contributed by atoms with E-state index in [1.807, 2.05) is 13.8 Å². The molecule has 2 N–H and O–H groups in total. The molecule has 0 saturated carbocycles. The van der Waals surface area contributed by atoms with E-state index in [1.165, 1.54) is 17.6 Å². The lowest BCUT2D eigenvalue weighted by molar-refractivity contribution is 1.16. The Kier molecular flexibility index (Phi) is 2.59. The van der Waals surface area contributed by atoms with Crippen molar-refractivity contribution >= 4 is 23.4 Å². The van der Waals surface area contributed by atoms with Gasteiger partial charge in [-0.3, -0.25) is 0 Å². The van der Waals surface area contributed by atoms with E-state index in [0.717, 1.165) is 22.2 Å². The molecule has 0 bridgehead atoms. The monoisotopic (exact) mass is 169 g/mol. The normalized spacial score (nSPS) is 9.64. The Morgan fingerprint density at radius 2 is 2.45 bits per heavy atom. The van der Waals surface area contributed by atoms with Gasteiger partial charge in [-0.2, -0.15) is 0 Å². The van der Waals surface area contributed by atoms with Crippen molar-refractivity contribution in [1.82, 2.24) is 4.98 Å². The molecule has 3 nitrogen and oxygen atoms in total. The fourth-order valence-electron chi connectivity index (χ4n) is 0.835. The molecule has 11 heavy (non-hydrogen) atoms. The second kappa shape index (κ2) is 3.48. The minimum absolute atomic E-state index is 0.838. The van der Waals surface area contributed by atoms with Gasteiger partial charge in [0.2, 0.25) is 0 Å². The number of aromatic nitrogens is 1. The molecule has 0 atom stereocenters. The second-order valence-corrected chi connectivity index (χ2v) is 3.36. The van der Waals surface area contributed by atoms with Gasteiger partial charge in [0.15, 0.2) is 0 Å².